The number of anilines is 1. The van der Waals surface area contributed by atoms with Crippen LogP contribution in [-0.2, 0) is 22.7 Å². The van der Waals surface area contributed by atoms with Crippen molar-refractivity contribution in [3.63, 3.8) is 0 Å². The van der Waals surface area contributed by atoms with Crippen LogP contribution in [0, 0.1) is 5.92 Å². The number of fused-ring (bicyclic) bond motifs is 1. The van der Waals surface area contributed by atoms with Crippen molar-refractivity contribution in [2.75, 3.05) is 19.1 Å². The lowest BCUT2D eigenvalue weighted by Crippen LogP contribution is -2.15. The number of nitrogens with two attached hydrogens (primary N) is 1. The predicted octanol–water partition coefficient (Wildman–Crippen LogP) is 3.87. The van der Waals surface area contributed by atoms with Crippen molar-refractivity contribution in [3.8, 4) is 5.75 Å². The predicted molar refractivity (Wildman–Crippen MR) is 84.1 cm³/mol. The van der Waals surface area contributed by atoms with Crippen LogP contribution in [0.3, 0.4) is 0 Å². The van der Waals surface area contributed by atoms with Gasteiger partial charge in [0.05, 0.1) is 13.2 Å². The molecule has 1 aliphatic heterocycles. The highest BCUT2D eigenvalue weighted by Crippen LogP contribution is 2.31. The molecule has 0 aromatic heterocycles. The first-order valence-electron chi connectivity index (χ1n) is 7.94. The molecule has 1 aromatic carbocycles. The van der Waals surface area contributed by atoms with E-state index in [0.717, 1.165) is 29.2 Å². The molecule has 21 heavy (non-hydrogen) atoms. The van der Waals surface area contributed by atoms with E-state index in [1.807, 2.05) is 12.1 Å². The molecule has 2 N–H and O–H groups in total. The van der Waals surface area contributed by atoms with E-state index >= 15 is 0 Å². The zero-order valence-corrected chi connectivity index (χ0v) is 13.2. The third kappa shape index (κ3) is 4.61. The van der Waals surface area contributed by atoms with E-state index in [0.29, 0.717) is 25.9 Å². The highest BCUT2D eigenvalue weighted by Gasteiger charge is 2.16. The van der Waals surface area contributed by atoms with E-state index in [9.17, 15) is 0 Å². The number of hydrogen-bond acceptors (Lipinski definition) is 4. The van der Waals surface area contributed by atoms with Crippen LogP contribution < -0.4 is 10.5 Å². The number of nitrogen functional groups attached to an aromatic ring is 1. The van der Waals surface area contributed by atoms with Gasteiger partial charge in [-0.05, 0) is 24.5 Å². The lowest BCUT2D eigenvalue weighted by molar-refractivity contribution is -0.0187. The number of ether oxygens (including phenoxy) is 3. The van der Waals surface area contributed by atoms with Gasteiger partial charge in [0.1, 0.15) is 5.75 Å². The van der Waals surface area contributed by atoms with Crippen LogP contribution in [0.2, 0.25) is 0 Å². The van der Waals surface area contributed by atoms with Gasteiger partial charge in [0, 0.05) is 23.4 Å². The maximum atomic E-state index is 5.94. The highest BCUT2D eigenvalue weighted by molar-refractivity contribution is 5.53. The molecule has 1 atom stereocenters. The third-order valence-electron chi connectivity index (χ3n) is 3.96. The van der Waals surface area contributed by atoms with Gasteiger partial charge in [0.15, 0.2) is 6.79 Å². The first kappa shape index (κ1) is 16.1. The quantitative estimate of drug-likeness (QED) is 0.739. The van der Waals surface area contributed by atoms with Gasteiger partial charge < -0.3 is 19.9 Å². The highest BCUT2D eigenvalue weighted by atomic mass is 16.7. The van der Waals surface area contributed by atoms with Crippen molar-refractivity contribution in [3.05, 3.63) is 23.3 Å². The van der Waals surface area contributed by atoms with Crippen molar-refractivity contribution in [1.82, 2.24) is 0 Å². The van der Waals surface area contributed by atoms with Crippen molar-refractivity contribution in [2.24, 2.45) is 5.92 Å². The molecule has 0 amide bonds. The smallest absolute Gasteiger partial charge is 0.189 e. The fraction of sp³-hybridized carbons (Fsp3) is 0.647. The van der Waals surface area contributed by atoms with Gasteiger partial charge in [-0.25, -0.2) is 0 Å². The zero-order chi connectivity index (χ0) is 15.1. The lowest BCUT2D eigenvalue weighted by atomic mass is 10.0. The van der Waals surface area contributed by atoms with Crippen molar-refractivity contribution in [1.29, 1.82) is 0 Å². The second-order valence-electron chi connectivity index (χ2n) is 5.71. The number of benzene rings is 1. The molecular weight excluding hydrogens is 266 g/mol. The fourth-order valence-electron chi connectivity index (χ4n) is 2.67. The van der Waals surface area contributed by atoms with Crippen LogP contribution in [0.4, 0.5) is 5.69 Å². The van der Waals surface area contributed by atoms with Crippen molar-refractivity contribution >= 4 is 5.69 Å². The minimum absolute atomic E-state index is 0.304. The van der Waals surface area contributed by atoms with E-state index in [2.05, 4.69) is 13.8 Å². The molecule has 0 saturated heterocycles. The Balaban J connectivity index is 1.92. The molecule has 0 aliphatic carbocycles. The van der Waals surface area contributed by atoms with E-state index < -0.39 is 0 Å². The Hall–Kier alpha value is -1.26. The summed E-state index contributed by atoms with van der Waals surface area (Å²) in [7, 11) is 0. The van der Waals surface area contributed by atoms with Crippen LogP contribution in [0.25, 0.3) is 0 Å². The number of unbranched alkanes of at least 4 members (excludes halogenated alkanes) is 1. The second kappa shape index (κ2) is 8.25. The monoisotopic (exact) mass is 293 g/mol. The summed E-state index contributed by atoms with van der Waals surface area (Å²) in [5.41, 5.74) is 8.71. The van der Waals surface area contributed by atoms with Gasteiger partial charge in [-0.2, -0.15) is 0 Å². The van der Waals surface area contributed by atoms with Crippen LogP contribution in [-0.4, -0.2) is 13.4 Å². The second-order valence-corrected chi connectivity index (χ2v) is 5.71. The Morgan fingerprint density at radius 1 is 1.33 bits per heavy atom. The summed E-state index contributed by atoms with van der Waals surface area (Å²) < 4.78 is 16.8. The Morgan fingerprint density at radius 3 is 2.95 bits per heavy atom. The Kier molecular flexibility index (Phi) is 6.33. The molecule has 0 radical (unpaired) electrons. The lowest BCUT2D eigenvalue weighted by Gasteiger charge is -2.22. The Morgan fingerprint density at radius 2 is 2.19 bits per heavy atom. The fourth-order valence-corrected chi connectivity index (χ4v) is 2.67. The summed E-state index contributed by atoms with van der Waals surface area (Å²) in [6.07, 6.45) is 4.93. The molecule has 1 aliphatic rings. The summed E-state index contributed by atoms with van der Waals surface area (Å²) >= 11 is 0. The average molecular weight is 293 g/mol. The van der Waals surface area contributed by atoms with Crippen molar-refractivity contribution < 1.29 is 14.2 Å². The van der Waals surface area contributed by atoms with E-state index in [1.54, 1.807) is 0 Å². The molecule has 0 bridgehead atoms. The topological polar surface area (TPSA) is 53.7 Å². The van der Waals surface area contributed by atoms with Crippen LogP contribution in [0.1, 0.15) is 50.7 Å². The standard InChI is InChI=1S/C17H27NO3/c1-3-5-6-13(4-2)9-19-10-14-7-16(18)8-15-11-20-12-21-17(14)15/h7-8,13H,3-6,9-12,18H2,1-2H3. The summed E-state index contributed by atoms with van der Waals surface area (Å²) in [4.78, 5) is 0. The Bertz CT molecular complexity index is 448. The molecule has 1 heterocycles. The molecule has 0 fully saturated rings. The van der Waals surface area contributed by atoms with Crippen molar-refractivity contribution in [2.45, 2.75) is 52.7 Å². The zero-order valence-electron chi connectivity index (χ0n) is 13.2. The van der Waals surface area contributed by atoms with Gasteiger partial charge >= 0.3 is 0 Å². The molecule has 4 nitrogen and oxygen atoms in total. The molecule has 1 unspecified atom stereocenters. The van der Waals surface area contributed by atoms with E-state index in [1.165, 1.54) is 25.7 Å². The minimum Gasteiger partial charge on any atom is -0.467 e. The Labute approximate surface area is 127 Å². The third-order valence-corrected chi connectivity index (χ3v) is 3.96. The summed E-state index contributed by atoms with van der Waals surface area (Å²) in [6, 6.07) is 3.85. The van der Waals surface area contributed by atoms with Gasteiger partial charge in [0.2, 0.25) is 0 Å². The van der Waals surface area contributed by atoms with Crippen LogP contribution >= 0.6 is 0 Å². The molecule has 0 spiro atoms. The molecule has 4 heteroatoms. The van der Waals surface area contributed by atoms with E-state index in [4.69, 9.17) is 19.9 Å². The summed E-state index contributed by atoms with van der Waals surface area (Å²) in [5, 5.41) is 0. The van der Waals surface area contributed by atoms with Crippen LogP contribution in [0.5, 0.6) is 5.75 Å². The number of rotatable bonds is 8. The van der Waals surface area contributed by atoms with Crippen LogP contribution in [0.15, 0.2) is 12.1 Å². The normalized spacial score (nSPS) is 15.3. The van der Waals surface area contributed by atoms with Gasteiger partial charge in [-0.1, -0.05) is 33.1 Å². The maximum absolute atomic E-state index is 5.94. The molecule has 0 saturated carbocycles. The number of hydrogen-bond donors (Lipinski definition) is 1. The van der Waals surface area contributed by atoms with E-state index in [-0.39, 0.29) is 0 Å². The maximum Gasteiger partial charge on any atom is 0.189 e. The summed E-state index contributed by atoms with van der Waals surface area (Å²) in [6.45, 7) is 6.67. The molecular formula is C17H27NO3. The first-order chi connectivity index (χ1) is 10.2. The van der Waals surface area contributed by atoms with Gasteiger partial charge in [0.25, 0.3) is 0 Å². The first-order valence-corrected chi connectivity index (χ1v) is 7.94. The van der Waals surface area contributed by atoms with Gasteiger partial charge in [-0.15, -0.1) is 0 Å². The largest absolute Gasteiger partial charge is 0.467 e. The SMILES string of the molecule is CCCCC(CC)COCc1cc(N)cc2c1OCOC2. The van der Waals surface area contributed by atoms with Gasteiger partial charge in [-0.3, -0.25) is 0 Å². The summed E-state index contributed by atoms with van der Waals surface area (Å²) in [5.74, 6) is 1.53. The molecule has 2 rings (SSSR count). The average Bonchev–Trinajstić information content (AvgIpc) is 2.50. The molecule has 1 aromatic rings. The molecule has 118 valence electrons. The minimum atomic E-state index is 0.304.